The Bertz CT molecular complexity index is 912. The van der Waals surface area contributed by atoms with E-state index in [1.165, 1.54) is 24.4 Å². The molecule has 2 rings (SSSR count). The van der Waals surface area contributed by atoms with E-state index < -0.39 is 11.0 Å². The molecule has 2 amide bonds. The number of primary amides is 1. The lowest BCUT2D eigenvalue weighted by Gasteiger charge is -2.15. The lowest BCUT2D eigenvalue weighted by Crippen LogP contribution is -2.24. The minimum Gasteiger partial charge on any atom is -0.490 e. The van der Waals surface area contributed by atoms with Crippen molar-refractivity contribution in [3.05, 3.63) is 63.2 Å². The Morgan fingerprint density at radius 3 is 2.52 bits per heavy atom. The van der Waals surface area contributed by atoms with Crippen molar-refractivity contribution < 1.29 is 19.2 Å². The molecule has 0 saturated carbocycles. The lowest BCUT2D eigenvalue weighted by molar-refractivity contribution is -0.384. The molecule has 0 atom stereocenters. The normalized spacial score (nSPS) is 10.9. The Kier molecular flexibility index (Phi) is 7.53. The van der Waals surface area contributed by atoms with Crippen LogP contribution in [-0.2, 0) is 0 Å². The molecule has 2 aromatic rings. The number of amides is 2. The highest BCUT2D eigenvalue weighted by Gasteiger charge is 2.12. The summed E-state index contributed by atoms with van der Waals surface area (Å²) in [6.07, 6.45) is 1.23. The fraction of sp³-hybridized carbons (Fsp3) is 0.300. The highest BCUT2D eigenvalue weighted by molar-refractivity contribution is 5.85. The van der Waals surface area contributed by atoms with E-state index >= 15 is 0 Å². The summed E-state index contributed by atoms with van der Waals surface area (Å²) in [5, 5.41) is 14.6. The first kappa shape index (κ1) is 21.7. The standard InChI is InChI=1S/C20H24N4O5/c1-13(2)17-6-4-14(3)10-19(17)29-9-8-28-18-7-5-16(24(26)27)11-15(18)12-22-23-20(21)25/h4-7,10-13H,8-9H2,1-3H3,(H3,21,23,25)/b22-12+. The number of hydrogen-bond acceptors (Lipinski definition) is 6. The van der Waals surface area contributed by atoms with Gasteiger partial charge in [0.15, 0.2) is 0 Å². The third-order valence-electron chi connectivity index (χ3n) is 3.97. The topological polar surface area (TPSA) is 129 Å². The van der Waals surface area contributed by atoms with Gasteiger partial charge in [-0.2, -0.15) is 5.10 Å². The van der Waals surface area contributed by atoms with E-state index in [-0.39, 0.29) is 18.9 Å². The number of urea groups is 1. The molecule has 0 radical (unpaired) electrons. The van der Waals surface area contributed by atoms with Gasteiger partial charge in [0.2, 0.25) is 0 Å². The number of benzene rings is 2. The van der Waals surface area contributed by atoms with Crippen LogP contribution in [0.4, 0.5) is 10.5 Å². The van der Waals surface area contributed by atoms with Gasteiger partial charge >= 0.3 is 6.03 Å². The minimum absolute atomic E-state index is 0.129. The molecule has 154 valence electrons. The molecule has 0 aliphatic heterocycles. The average molecular weight is 400 g/mol. The summed E-state index contributed by atoms with van der Waals surface area (Å²) in [4.78, 5) is 21.2. The quantitative estimate of drug-likeness (QED) is 0.288. The van der Waals surface area contributed by atoms with Crippen LogP contribution in [0.25, 0.3) is 0 Å². The molecule has 3 N–H and O–H groups in total. The number of hydrogen-bond donors (Lipinski definition) is 2. The zero-order valence-corrected chi connectivity index (χ0v) is 16.5. The minimum atomic E-state index is -0.846. The zero-order chi connectivity index (χ0) is 21.4. The van der Waals surface area contributed by atoms with Crippen molar-refractivity contribution in [2.45, 2.75) is 26.7 Å². The van der Waals surface area contributed by atoms with E-state index in [0.717, 1.165) is 16.9 Å². The first-order valence-corrected chi connectivity index (χ1v) is 9.01. The number of nitro benzene ring substituents is 1. The van der Waals surface area contributed by atoms with Crippen molar-refractivity contribution in [3.8, 4) is 11.5 Å². The van der Waals surface area contributed by atoms with Crippen LogP contribution in [0.15, 0.2) is 41.5 Å². The van der Waals surface area contributed by atoms with Crippen LogP contribution in [0.1, 0.15) is 36.5 Å². The van der Waals surface area contributed by atoms with Gasteiger partial charge in [-0.15, -0.1) is 0 Å². The summed E-state index contributed by atoms with van der Waals surface area (Å²) in [7, 11) is 0. The van der Waals surface area contributed by atoms with E-state index in [9.17, 15) is 14.9 Å². The van der Waals surface area contributed by atoms with Crippen molar-refractivity contribution in [1.29, 1.82) is 0 Å². The summed E-state index contributed by atoms with van der Waals surface area (Å²) in [6, 6.07) is 9.31. The summed E-state index contributed by atoms with van der Waals surface area (Å²) < 4.78 is 11.6. The van der Waals surface area contributed by atoms with E-state index in [1.54, 1.807) is 0 Å². The number of aryl methyl sites for hydroxylation is 1. The Hall–Kier alpha value is -3.62. The molecule has 0 heterocycles. The van der Waals surface area contributed by atoms with Crippen molar-refractivity contribution in [3.63, 3.8) is 0 Å². The molecular formula is C20H24N4O5. The molecule has 0 aliphatic carbocycles. The fourth-order valence-electron chi connectivity index (χ4n) is 2.59. The second-order valence-corrected chi connectivity index (χ2v) is 6.61. The van der Waals surface area contributed by atoms with Crippen LogP contribution in [0, 0.1) is 17.0 Å². The molecule has 0 aromatic heterocycles. The van der Waals surface area contributed by atoms with E-state index in [4.69, 9.17) is 15.2 Å². The van der Waals surface area contributed by atoms with Crippen LogP contribution in [0.5, 0.6) is 11.5 Å². The summed E-state index contributed by atoms with van der Waals surface area (Å²) in [5.74, 6) is 1.49. The third kappa shape index (κ3) is 6.49. The predicted molar refractivity (Wildman–Crippen MR) is 110 cm³/mol. The van der Waals surface area contributed by atoms with Gasteiger partial charge in [0, 0.05) is 17.7 Å². The lowest BCUT2D eigenvalue weighted by atomic mass is 10.0. The first-order valence-electron chi connectivity index (χ1n) is 9.01. The van der Waals surface area contributed by atoms with Crippen molar-refractivity contribution in [1.82, 2.24) is 5.43 Å². The Morgan fingerprint density at radius 2 is 1.90 bits per heavy atom. The molecule has 0 bridgehead atoms. The highest BCUT2D eigenvalue weighted by Crippen LogP contribution is 2.27. The number of nitrogens with zero attached hydrogens (tertiary/aromatic N) is 2. The molecule has 0 fully saturated rings. The number of nitrogens with one attached hydrogen (secondary N) is 1. The highest BCUT2D eigenvalue weighted by atomic mass is 16.6. The second kappa shape index (κ2) is 10.1. The zero-order valence-electron chi connectivity index (χ0n) is 16.5. The largest absolute Gasteiger partial charge is 0.490 e. The molecule has 9 nitrogen and oxygen atoms in total. The molecule has 0 aliphatic rings. The van der Waals surface area contributed by atoms with E-state index in [0.29, 0.717) is 17.2 Å². The Labute approximate surface area is 168 Å². The summed E-state index contributed by atoms with van der Waals surface area (Å²) in [5.41, 5.74) is 9.39. The van der Waals surface area contributed by atoms with Crippen molar-refractivity contribution in [2.24, 2.45) is 10.8 Å². The van der Waals surface area contributed by atoms with Crippen molar-refractivity contribution >= 4 is 17.9 Å². The summed E-state index contributed by atoms with van der Waals surface area (Å²) >= 11 is 0. The van der Waals surface area contributed by atoms with Gasteiger partial charge in [-0.25, -0.2) is 10.2 Å². The molecular weight excluding hydrogens is 376 g/mol. The van der Waals surface area contributed by atoms with Crippen LogP contribution < -0.4 is 20.6 Å². The van der Waals surface area contributed by atoms with Crippen LogP contribution in [-0.4, -0.2) is 30.4 Å². The number of ether oxygens (including phenoxy) is 2. The molecule has 2 aromatic carbocycles. The second-order valence-electron chi connectivity index (χ2n) is 6.61. The third-order valence-corrected chi connectivity index (χ3v) is 3.97. The molecule has 0 saturated heterocycles. The van der Waals surface area contributed by atoms with Gasteiger partial charge in [-0.3, -0.25) is 10.1 Å². The van der Waals surface area contributed by atoms with Gasteiger partial charge in [0.25, 0.3) is 5.69 Å². The number of nitro groups is 1. The summed E-state index contributed by atoms with van der Waals surface area (Å²) in [6.45, 7) is 6.69. The molecule has 0 spiro atoms. The monoisotopic (exact) mass is 400 g/mol. The SMILES string of the molecule is Cc1ccc(C(C)C)c(OCCOc2ccc([N+](=O)[O-])cc2/C=N/NC(N)=O)c1. The number of hydrazone groups is 1. The number of rotatable bonds is 9. The van der Waals surface area contributed by atoms with Gasteiger partial charge in [0.1, 0.15) is 24.7 Å². The van der Waals surface area contributed by atoms with Gasteiger partial charge in [-0.1, -0.05) is 26.0 Å². The maximum absolute atomic E-state index is 11.0. The maximum atomic E-state index is 11.0. The number of nitrogens with two attached hydrogens (primary N) is 1. The fourth-order valence-corrected chi connectivity index (χ4v) is 2.59. The van der Waals surface area contributed by atoms with Crippen LogP contribution in [0.2, 0.25) is 0 Å². The number of carbonyl (C=O) groups is 1. The molecule has 29 heavy (non-hydrogen) atoms. The van der Waals surface area contributed by atoms with Crippen molar-refractivity contribution in [2.75, 3.05) is 13.2 Å². The van der Waals surface area contributed by atoms with Crippen LogP contribution in [0.3, 0.4) is 0 Å². The average Bonchev–Trinajstić information content (AvgIpc) is 2.65. The van der Waals surface area contributed by atoms with E-state index in [2.05, 4.69) is 18.9 Å². The molecule has 9 heteroatoms. The first-order chi connectivity index (χ1) is 13.8. The maximum Gasteiger partial charge on any atom is 0.332 e. The Balaban J connectivity index is 2.06. The number of non-ortho nitro benzene ring substituents is 1. The number of carbonyl (C=O) groups excluding carboxylic acids is 1. The van der Waals surface area contributed by atoms with Crippen LogP contribution >= 0.6 is 0 Å². The predicted octanol–water partition coefficient (Wildman–Crippen LogP) is 3.49. The van der Waals surface area contributed by atoms with E-state index in [1.807, 2.05) is 30.5 Å². The van der Waals surface area contributed by atoms with Gasteiger partial charge < -0.3 is 15.2 Å². The van der Waals surface area contributed by atoms with Gasteiger partial charge in [-0.05, 0) is 36.1 Å². The molecule has 0 unspecified atom stereocenters. The smallest absolute Gasteiger partial charge is 0.332 e. The Morgan fingerprint density at radius 1 is 1.21 bits per heavy atom. The van der Waals surface area contributed by atoms with Gasteiger partial charge in [0.05, 0.1) is 11.1 Å².